The van der Waals surface area contributed by atoms with Gasteiger partial charge in [-0.05, 0) is 74.2 Å². The molecular weight excluding hydrogens is 393 g/mol. The Bertz CT molecular complexity index is 1350. The Hall–Kier alpha value is -2.60. The van der Waals surface area contributed by atoms with Gasteiger partial charge in [0.2, 0.25) is 0 Å². The van der Waals surface area contributed by atoms with Crippen molar-refractivity contribution in [3.63, 3.8) is 0 Å². The van der Waals surface area contributed by atoms with Gasteiger partial charge in [0, 0.05) is 34.2 Å². The highest BCUT2D eigenvalue weighted by Gasteiger charge is 2.27. The number of amides is 2. The number of urea groups is 1. The summed E-state index contributed by atoms with van der Waals surface area (Å²) in [6.45, 7) is -18.1. The average molecular weight is 443 g/mol. The minimum atomic E-state index is -3.65. The lowest BCUT2D eigenvalue weighted by Gasteiger charge is -2.37. The summed E-state index contributed by atoms with van der Waals surface area (Å²) in [5, 5.41) is 2.50. The molecule has 1 aliphatic rings. The van der Waals surface area contributed by atoms with Crippen LogP contribution in [0.1, 0.15) is 58.2 Å². The molecule has 1 N–H and O–H groups in total. The van der Waals surface area contributed by atoms with Crippen LogP contribution in [-0.2, 0) is 13.0 Å². The van der Waals surface area contributed by atoms with Crippen LogP contribution in [0.3, 0.4) is 0 Å². The number of ether oxygens (including phenoxy) is 1. The number of benzene rings is 2. The molecule has 0 aliphatic carbocycles. The van der Waals surface area contributed by atoms with Gasteiger partial charge in [-0.3, -0.25) is 0 Å². The molecule has 6 heteroatoms. The quantitative estimate of drug-likeness (QED) is 0.646. The third kappa shape index (κ3) is 7.24. The summed E-state index contributed by atoms with van der Waals surface area (Å²) < 4.78 is 139. The number of likely N-dealkylation sites (tertiary alicyclic amines) is 1. The zero-order chi connectivity index (χ0) is 35.3. The fourth-order valence-electron chi connectivity index (χ4n) is 2.81. The molecule has 1 saturated heterocycles. The minimum absolute atomic E-state index is 0.139. The van der Waals surface area contributed by atoms with Crippen LogP contribution in [-0.4, -0.2) is 48.5 Å². The van der Waals surface area contributed by atoms with Crippen molar-refractivity contribution in [3.8, 4) is 5.75 Å². The third-order valence-electron chi connectivity index (χ3n) is 4.44. The smallest absolute Gasteiger partial charge is 0.318 e. The Kier molecular flexibility index (Phi) is 3.72. The number of carbonyl (C=O) groups excluding carboxylic acids is 1. The molecule has 1 fully saturated rings. The van der Waals surface area contributed by atoms with E-state index in [0.29, 0.717) is 10.5 Å². The molecule has 1 heterocycles. The second-order valence-corrected chi connectivity index (χ2v) is 6.81. The van der Waals surface area contributed by atoms with Crippen molar-refractivity contribution in [1.82, 2.24) is 15.1 Å². The number of carbonyl (C=O) groups is 1. The highest BCUT2D eigenvalue weighted by atomic mass is 19.1. The maximum Gasteiger partial charge on any atom is 0.318 e. The first kappa shape index (κ1) is 10.3. The van der Waals surface area contributed by atoms with Crippen LogP contribution in [0.2, 0.25) is 0 Å². The standard InChI is InChI=1S/C25H34FN3O2/c1-19(2)18-31-24-10-6-20(7-11-24)16-27-25(30)29(23-12-14-28(3)15-13-23)17-21-4-8-22(26)9-5-21/h4-11,19,23H,12-18H2,1-3H3,(H,27,30)/i1D3,2D3,14D2,15D2,17D2,18D2,19D. The lowest BCUT2D eigenvalue weighted by Crippen LogP contribution is -2.49. The van der Waals surface area contributed by atoms with Crippen molar-refractivity contribution < 1.29 is 34.5 Å². The zero-order valence-corrected chi connectivity index (χ0v) is 16.9. The number of piperidine rings is 1. The lowest BCUT2D eigenvalue weighted by atomic mass is 10.0. The van der Waals surface area contributed by atoms with E-state index in [4.69, 9.17) is 25.3 Å². The fraction of sp³-hybridized carbons (Fsp3) is 0.480. The molecule has 0 atom stereocenters. The normalized spacial score (nSPS) is 27.6. The Labute approximate surface area is 206 Å². The molecule has 1 aliphatic heterocycles. The van der Waals surface area contributed by atoms with Gasteiger partial charge in [-0.25, -0.2) is 9.18 Å². The molecular formula is C25H34FN3O2. The number of halogens is 1. The summed E-state index contributed by atoms with van der Waals surface area (Å²) in [6, 6.07) is 6.81. The van der Waals surface area contributed by atoms with Gasteiger partial charge in [-0.2, -0.15) is 0 Å². The first-order valence-electron chi connectivity index (χ1n) is 17.0. The zero-order valence-electron chi connectivity index (χ0n) is 31.9. The van der Waals surface area contributed by atoms with E-state index < -0.39 is 76.4 Å². The lowest BCUT2D eigenvalue weighted by molar-refractivity contribution is 0.127. The maximum absolute atomic E-state index is 13.6. The maximum atomic E-state index is 13.6. The highest BCUT2D eigenvalue weighted by molar-refractivity contribution is 5.74. The first-order valence-corrected chi connectivity index (χ1v) is 9.52. The Morgan fingerprint density at radius 1 is 1.26 bits per heavy atom. The third-order valence-corrected chi connectivity index (χ3v) is 4.44. The number of nitrogens with one attached hydrogen (secondary N) is 1. The topological polar surface area (TPSA) is 44.8 Å². The van der Waals surface area contributed by atoms with Gasteiger partial charge < -0.3 is 19.9 Å². The van der Waals surface area contributed by atoms with Crippen LogP contribution in [0, 0.1) is 11.7 Å². The predicted octanol–water partition coefficient (Wildman–Crippen LogP) is 4.67. The van der Waals surface area contributed by atoms with Crippen LogP contribution in [0.5, 0.6) is 5.75 Å². The van der Waals surface area contributed by atoms with Crippen molar-refractivity contribution in [2.45, 2.75) is 45.6 Å². The summed E-state index contributed by atoms with van der Waals surface area (Å²) in [4.78, 5) is 15.2. The second kappa shape index (κ2) is 11.1. The SMILES string of the molecule is [2H]C1([2H])CC(N(C(=O)NCc2ccc(OC([2H])([2H])C([2H])(C([2H])([2H])[2H])C([2H])([2H])[2H])cc2)C([2H])([2H])c2ccc(F)cc2)CC([2H])([2H])N1C. The molecule has 2 aromatic rings. The monoisotopic (exact) mass is 442 g/mol. The van der Waals surface area contributed by atoms with Gasteiger partial charge in [-0.15, -0.1) is 0 Å². The summed E-state index contributed by atoms with van der Waals surface area (Å²) >= 11 is 0. The molecule has 168 valence electrons. The largest absolute Gasteiger partial charge is 0.493 e. The predicted molar refractivity (Wildman–Crippen MR) is 121 cm³/mol. The van der Waals surface area contributed by atoms with Crippen LogP contribution in [0.4, 0.5) is 9.18 Å². The van der Waals surface area contributed by atoms with Crippen molar-refractivity contribution in [2.24, 2.45) is 5.89 Å². The Balaban J connectivity index is 1.87. The molecule has 0 saturated carbocycles. The van der Waals surface area contributed by atoms with Gasteiger partial charge in [0.1, 0.15) is 11.6 Å². The van der Waals surface area contributed by atoms with Gasteiger partial charge in [0.05, 0.1) is 12.0 Å². The van der Waals surface area contributed by atoms with E-state index in [1.807, 2.05) is 0 Å². The van der Waals surface area contributed by atoms with E-state index >= 15 is 0 Å². The second-order valence-electron chi connectivity index (χ2n) is 6.81. The van der Waals surface area contributed by atoms with E-state index in [9.17, 15) is 9.18 Å². The average Bonchev–Trinajstić information content (AvgIpc) is 2.89. The van der Waals surface area contributed by atoms with E-state index in [1.165, 1.54) is 19.2 Å². The van der Waals surface area contributed by atoms with Gasteiger partial charge in [0.15, 0.2) is 0 Å². The number of rotatable bonds is 8. The molecule has 3 rings (SSSR count). The number of nitrogens with zero attached hydrogens (tertiary/aromatic N) is 2. The Morgan fingerprint density at radius 2 is 1.90 bits per heavy atom. The van der Waals surface area contributed by atoms with Crippen molar-refractivity contribution in [1.29, 1.82) is 0 Å². The van der Waals surface area contributed by atoms with Crippen LogP contribution < -0.4 is 10.1 Å². The van der Waals surface area contributed by atoms with E-state index in [1.54, 1.807) is 0 Å². The summed E-state index contributed by atoms with van der Waals surface area (Å²) in [7, 11) is 1.24. The molecule has 0 spiro atoms. The molecule has 31 heavy (non-hydrogen) atoms. The molecule has 0 unspecified atom stereocenters. The van der Waals surface area contributed by atoms with E-state index in [0.717, 1.165) is 41.3 Å². The first-order chi connectivity index (χ1) is 20.7. The van der Waals surface area contributed by atoms with Gasteiger partial charge in [-0.1, -0.05) is 38.0 Å². The van der Waals surface area contributed by atoms with Crippen LogP contribution >= 0.6 is 0 Å². The molecule has 0 bridgehead atoms. The number of hydrogen-bond donors (Lipinski definition) is 1. The van der Waals surface area contributed by atoms with Crippen LogP contribution in [0.25, 0.3) is 0 Å². The van der Waals surface area contributed by atoms with Crippen molar-refractivity contribution in [3.05, 3.63) is 65.5 Å². The summed E-state index contributed by atoms with van der Waals surface area (Å²) in [6.07, 6.45) is -0.899. The summed E-state index contributed by atoms with van der Waals surface area (Å²) in [5.41, 5.74) is 0.195. The number of hydrogen-bond acceptors (Lipinski definition) is 3. The Morgan fingerprint density at radius 3 is 2.55 bits per heavy atom. The van der Waals surface area contributed by atoms with E-state index in [-0.39, 0.29) is 17.9 Å². The van der Waals surface area contributed by atoms with Crippen molar-refractivity contribution >= 4 is 6.03 Å². The minimum Gasteiger partial charge on any atom is -0.493 e. The fourth-order valence-corrected chi connectivity index (χ4v) is 2.81. The van der Waals surface area contributed by atoms with Crippen molar-refractivity contribution in [2.75, 3.05) is 26.6 Å². The molecule has 5 nitrogen and oxygen atoms in total. The molecule has 0 aromatic heterocycles. The van der Waals surface area contributed by atoms with Gasteiger partial charge >= 0.3 is 6.03 Å². The van der Waals surface area contributed by atoms with Crippen LogP contribution in [0.15, 0.2) is 48.5 Å². The van der Waals surface area contributed by atoms with E-state index in [2.05, 4.69) is 5.32 Å². The molecule has 0 radical (unpaired) electrons. The molecule has 2 amide bonds. The van der Waals surface area contributed by atoms with Gasteiger partial charge in [0.25, 0.3) is 0 Å². The molecule has 2 aromatic carbocycles. The highest BCUT2D eigenvalue weighted by Crippen LogP contribution is 2.19. The summed E-state index contributed by atoms with van der Waals surface area (Å²) in [5.74, 6) is -4.63.